The first-order valence-electron chi connectivity index (χ1n) is 6.61. The van der Waals surface area contributed by atoms with Gasteiger partial charge in [0.25, 0.3) is 0 Å². The minimum absolute atomic E-state index is 0.606. The number of nitrogens with one attached hydrogen (secondary N) is 1. The van der Waals surface area contributed by atoms with Crippen LogP contribution in [0.25, 0.3) is 11.0 Å². The molecule has 0 spiro atoms. The van der Waals surface area contributed by atoms with E-state index in [1.807, 2.05) is 6.07 Å². The first-order valence-corrected chi connectivity index (χ1v) is 6.61. The van der Waals surface area contributed by atoms with E-state index in [0.717, 1.165) is 24.6 Å². The van der Waals surface area contributed by atoms with Gasteiger partial charge in [0.2, 0.25) is 5.95 Å². The molecule has 1 fully saturated rings. The van der Waals surface area contributed by atoms with Gasteiger partial charge in [-0.2, -0.15) is 0 Å². The number of aryl methyl sites for hydroxylation is 1. The fourth-order valence-corrected chi connectivity index (χ4v) is 2.80. The van der Waals surface area contributed by atoms with E-state index in [9.17, 15) is 0 Å². The van der Waals surface area contributed by atoms with Crippen LogP contribution in [0.3, 0.4) is 0 Å². The summed E-state index contributed by atoms with van der Waals surface area (Å²) in [7, 11) is 4.21. The van der Waals surface area contributed by atoms with E-state index in [1.54, 1.807) is 0 Å². The highest BCUT2D eigenvalue weighted by molar-refractivity contribution is 5.78. The SMILES string of the molecule is CN(CC1CCCN1)c1nc2ccccc2n1C. The fraction of sp³-hybridized carbons (Fsp3) is 0.500. The number of anilines is 1. The van der Waals surface area contributed by atoms with Crippen molar-refractivity contribution in [2.45, 2.75) is 18.9 Å². The predicted octanol–water partition coefficient (Wildman–Crippen LogP) is 1.76. The van der Waals surface area contributed by atoms with Gasteiger partial charge in [-0.15, -0.1) is 0 Å². The van der Waals surface area contributed by atoms with Crippen LogP contribution in [0.15, 0.2) is 24.3 Å². The number of likely N-dealkylation sites (N-methyl/N-ethyl adjacent to an activating group) is 1. The lowest BCUT2D eigenvalue weighted by atomic mass is 10.2. The van der Waals surface area contributed by atoms with Crippen molar-refractivity contribution in [2.75, 3.05) is 25.0 Å². The second-order valence-corrected chi connectivity index (χ2v) is 5.13. The second kappa shape index (κ2) is 4.61. The highest BCUT2D eigenvalue weighted by Crippen LogP contribution is 2.20. The maximum absolute atomic E-state index is 4.72. The molecule has 1 aliphatic heterocycles. The predicted molar refractivity (Wildman–Crippen MR) is 75.0 cm³/mol. The van der Waals surface area contributed by atoms with Gasteiger partial charge in [-0.25, -0.2) is 4.98 Å². The van der Waals surface area contributed by atoms with Crippen LogP contribution in [0.1, 0.15) is 12.8 Å². The summed E-state index contributed by atoms with van der Waals surface area (Å²) in [5.41, 5.74) is 2.26. The van der Waals surface area contributed by atoms with Gasteiger partial charge in [0.15, 0.2) is 0 Å². The molecule has 1 atom stereocenters. The van der Waals surface area contributed by atoms with E-state index in [4.69, 9.17) is 4.98 Å². The molecule has 1 unspecified atom stereocenters. The largest absolute Gasteiger partial charge is 0.344 e. The third-order valence-corrected chi connectivity index (χ3v) is 3.76. The van der Waals surface area contributed by atoms with Crippen molar-refractivity contribution in [1.29, 1.82) is 0 Å². The Balaban J connectivity index is 1.86. The molecule has 4 heteroatoms. The van der Waals surface area contributed by atoms with Crippen LogP contribution in [0, 0.1) is 0 Å². The molecule has 96 valence electrons. The van der Waals surface area contributed by atoms with E-state index < -0.39 is 0 Å². The Bertz CT molecular complexity index is 540. The number of nitrogens with zero attached hydrogens (tertiary/aromatic N) is 3. The van der Waals surface area contributed by atoms with Crippen molar-refractivity contribution < 1.29 is 0 Å². The molecule has 0 bridgehead atoms. The van der Waals surface area contributed by atoms with E-state index in [0.29, 0.717) is 6.04 Å². The zero-order chi connectivity index (χ0) is 12.5. The lowest BCUT2D eigenvalue weighted by Gasteiger charge is -2.22. The number of hydrogen-bond acceptors (Lipinski definition) is 3. The molecular weight excluding hydrogens is 224 g/mol. The summed E-state index contributed by atoms with van der Waals surface area (Å²) >= 11 is 0. The number of fused-ring (bicyclic) bond motifs is 1. The summed E-state index contributed by atoms with van der Waals surface area (Å²) in [5, 5.41) is 3.53. The molecule has 1 aromatic heterocycles. The Labute approximate surface area is 108 Å². The minimum atomic E-state index is 0.606. The molecule has 1 saturated heterocycles. The standard InChI is InChI=1S/C14H20N4/c1-17(10-11-6-5-9-15-11)14-16-12-7-3-4-8-13(12)18(14)2/h3-4,7-8,11,15H,5-6,9-10H2,1-2H3. The smallest absolute Gasteiger partial charge is 0.206 e. The summed E-state index contributed by atoms with van der Waals surface area (Å²) in [5.74, 6) is 1.05. The normalized spacial score (nSPS) is 19.6. The van der Waals surface area contributed by atoms with Gasteiger partial charge >= 0.3 is 0 Å². The number of rotatable bonds is 3. The monoisotopic (exact) mass is 244 g/mol. The van der Waals surface area contributed by atoms with Gasteiger partial charge in [-0.1, -0.05) is 12.1 Å². The number of para-hydroxylation sites is 2. The van der Waals surface area contributed by atoms with Gasteiger partial charge in [0.05, 0.1) is 11.0 Å². The third-order valence-electron chi connectivity index (χ3n) is 3.76. The summed E-state index contributed by atoms with van der Waals surface area (Å²) < 4.78 is 2.17. The minimum Gasteiger partial charge on any atom is -0.344 e. The quantitative estimate of drug-likeness (QED) is 0.893. The van der Waals surface area contributed by atoms with Crippen LogP contribution in [-0.4, -0.2) is 35.7 Å². The topological polar surface area (TPSA) is 33.1 Å². The van der Waals surface area contributed by atoms with E-state index in [2.05, 4.69) is 47.1 Å². The molecule has 3 rings (SSSR count). The van der Waals surface area contributed by atoms with Gasteiger partial charge in [-0.05, 0) is 31.5 Å². The maximum Gasteiger partial charge on any atom is 0.206 e. The molecular formula is C14H20N4. The molecule has 0 radical (unpaired) electrons. The molecule has 2 heterocycles. The molecule has 1 aromatic carbocycles. The van der Waals surface area contributed by atoms with Gasteiger partial charge in [0, 0.05) is 26.7 Å². The maximum atomic E-state index is 4.72. The van der Waals surface area contributed by atoms with Crippen molar-refractivity contribution in [3.8, 4) is 0 Å². The first-order chi connectivity index (χ1) is 8.75. The Morgan fingerprint density at radius 3 is 3.00 bits per heavy atom. The fourth-order valence-electron chi connectivity index (χ4n) is 2.80. The zero-order valence-corrected chi connectivity index (χ0v) is 11.1. The lowest BCUT2D eigenvalue weighted by Crippen LogP contribution is -2.36. The average Bonchev–Trinajstić information content (AvgIpc) is 2.98. The average molecular weight is 244 g/mol. The molecule has 18 heavy (non-hydrogen) atoms. The van der Waals surface area contributed by atoms with Crippen LogP contribution in [0.5, 0.6) is 0 Å². The Kier molecular flexibility index (Phi) is 2.96. The van der Waals surface area contributed by atoms with Crippen molar-refractivity contribution >= 4 is 17.0 Å². The van der Waals surface area contributed by atoms with Crippen LogP contribution < -0.4 is 10.2 Å². The van der Waals surface area contributed by atoms with Crippen LogP contribution in [-0.2, 0) is 7.05 Å². The van der Waals surface area contributed by atoms with E-state index >= 15 is 0 Å². The van der Waals surface area contributed by atoms with E-state index in [1.165, 1.54) is 18.4 Å². The summed E-state index contributed by atoms with van der Waals surface area (Å²) in [4.78, 5) is 6.97. The molecule has 4 nitrogen and oxygen atoms in total. The highest BCUT2D eigenvalue weighted by atomic mass is 15.3. The number of aromatic nitrogens is 2. The van der Waals surface area contributed by atoms with Crippen molar-refractivity contribution in [1.82, 2.24) is 14.9 Å². The first kappa shape index (κ1) is 11.5. The van der Waals surface area contributed by atoms with Crippen molar-refractivity contribution in [3.63, 3.8) is 0 Å². The third kappa shape index (κ3) is 1.97. The molecule has 2 aromatic rings. The molecule has 0 amide bonds. The number of hydrogen-bond donors (Lipinski definition) is 1. The Morgan fingerprint density at radius 2 is 2.28 bits per heavy atom. The number of benzene rings is 1. The summed E-state index contributed by atoms with van der Waals surface area (Å²) in [6.07, 6.45) is 2.56. The van der Waals surface area contributed by atoms with Gasteiger partial charge in [0.1, 0.15) is 0 Å². The Hall–Kier alpha value is -1.55. The van der Waals surface area contributed by atoms with Gasteiger partial charge < -0.3 is 14.8 Å². The highest BCUT2D eigenvalue weighted by Gasteiger charge is 2.18. The van der Waals surface area contributed by atoms with Crippen LogP contribution in [0.2, 0.25) is 0 Å². The van der Waals surface area contributed by atoms with Crippen LogP contribution >= 0.6 is 0 Å². The molecule has 1 N–H and O–H groups in total. The Morgan fingerprint density at radius 1 is 1.44 bits per heavy atom. The lowest BCUT2D eigenvalue weighted by molar-refractivity contribution is 0.591. The van der Waals surface area contributed by atoms with Crippen molar-refractivity contribution in [2.24, 2.45) is 7.05 Å². The summed E-state index contributed by atoms with van der Waals surface area (Å²) in [6, 6.07) is 8.90. The number of imidazole rings is 1. The molecule has 0 saturated carbocycles. The molecule has 1 aliphatic rings. The zero-order valence-electron chi connectivity index (χ0n) is 11.1. The molecule has 0 aliphatic carbocycles. The van der Waals surface area contributed by atoms with Crippen LogP contribution in [0.4, 0.5) is 5.95 Å². The summed E-state index contributed by atoms with van der Waals surface area (Å²) in [6.45, 7) is 2.18. The second-order valence-electron chi connectivity index (χ2n) is 5.13. The van der Waals surface area contributed by atoms with Gasteiger partial charge in [-0.3, -0.25) is 0 Å². The van der Waals surface area contributed by atoms with Crippen molar-refractivity contribution in [3.05, 3.63) is 24.3 Å². The van der Waals surface area contributed by atoms with E-state index in [-0.39, 0.29) is 0 Å².